The summed E-state index contributed by atoms with van der Waals surface area (Å²) in [5.41, 5.74) is 29.8. The van der Waals surface area contributed by atoms with Gasteiger partial charge in [-0.2, -0.15) is 5.26 Å². The van der Waals surface area contributed by atoms with Crippen LogP contribution in [0, 0.1) is 38.7 Å². The van der Waals surface area contributed by atoms with E-state index in [4.69, 9.17) is 58.8 Å². The van der Waals surface area contributed by atoms with E-state index in [2.05, 4.69) is 149 Å². The topological polar surface area (TPSA) is 286 Å². The Morgan fingerprint density at radius 1 is 0.598 bits per heavy atom. The Bertz CT molecular complexity index is 5700. The number of ether oxygens (including phenoxy) is 3. The van der Waals surface area contributed by atoms with Gasteiger partial charge in [0.2, 0.25) is 5.70 Å². The number of aliphatic hydroxyl groups excluding tert-OH is 2. The minimum atomic E-state index is -0.470. The van der Waals surface area contributed by atoms with Crippen molar-refractivity contribution >= 4 is 69.9 Å². The number of nitriles is 1. The number of hydrogen-bond donors (Lipinski definition) is 5. The molecule has 11 aromatic rings. The number of benzene rings is 8. The Morgan fingerprint density at radius 2 is 1.07 bits per heavy atom. The van der Waals surface area contributed by atoms with Gasteiger partial charge in [0.15, 0.2) is 5.78 Å². The number of methoxy groups -OCH3 is 3. The molecule has 0 fully saturated rings. The van der Waals surface area contributed by atoms with Crippen LogP contribution in [-0.4, -0.2) is 112 Å². The van der Waals surface area contributed by atoms with E-state index in [1.807, 2.05) is 148 Å². The number of allylic oxidation sites excluding steroid dienone is 9. The van der Waals surface area contributed by atoms with Crippen LogP contribution in [0.25, 0.3) is 27.6 Å². The number of aryl methyl sites for hydroxylation is 5. The second kappa shape index (κ2) is 47.3. The third-order valence-electron chi connectivity index (χ3n) is 20.6. The van der Waals surface area contributed by atoms with Crippen LogP contribution in [0.1, 0.15) is 126 Å². The average molecular weight is 1650 g/mol. The van der Waals surface area contributed by atoms with Crippen molar-refractivity contribution in [2.75, 3.05) is 57.8 Å². The van der Waals surface area contributed by atoms with Crippen LogP contribution < -0.4 is 31.0 Å². The van der Waals surface area contributed by atoms with E-state index in [9.17, 15) is 19.2 Å². The van der Waals surface area contributed by atoms with Gasteiger partial charge >= 0.3 is 0 Å². The number of aliphatic hydroxyl groups is 2. The normalized spacial score (nSPS) is 13.4. The van der Waals surface area contributed by atoms with Gasteiger partial charge in [0, 0.05) is 65.1 Å². The molecule has 6 aliphatic rings. The van der Waals surface area contributed by atoms with Gasteiger partial charge in [-0.15, -0.1) is 0 Å². The quantitative estimate of drug-likeness (QED) is 0.0218. The first-order valence-corrected chi connectivity index (χ1v) is 40.9. The van der Waals surface area contributed by atoms with Crippen LogP contribution >= 0.6 is 11.6 Å². The molecule has 0 saturated heterocycles. The van der Waals surface area contributed by atoms with Crippen molar-refractivity contribution in [3.63, 3.8) is 0 Å². The van der Waals surface area contributed by atoms with E-state index in [0.29, 0.717) is 41.4 Å². The molecule has 3 aromatic heterocycles. The van der Waals surface area contributed by atoms with E-state index >= 15 is 0 Å². The lowest BCUT2D eigenvalue weighted by atomic mass is 10.00. The van der Waals surface area contributed by atoms with Gasteiger partial charge in [0.1, 0.15) is 59.1 Å². The van der Waals surface area contributed by atoms with E-state index in [-0.39, 0.29) is 36.2 Å². The zero-order chi connectivity index (χ0) is 86.5. The summed E-state index contributed by atoms with van der Waals surface area (Å²) in [6.07, 6.45) is 22.4. The second-order valence-corrected chi connectivity index (χ2v) is 29.4. The van der Waals surface area contributed by atoms with Crippen molar-refractivity contribution in [2.24, 2.45) is 5.73 Å². The second-order valence-electron chi connectivity index (χ2n) is 29.1. The third kappa shape index (κ3) is 26.2. The SMILES string of the molecule is COC(CO)CC#N.COc1ccc2c(c1)CCCN2.COc1ccc2c(c1)CCCN2c1nc(C)nc2c1CC=C2Cc1ccccc1.Cc1nc(Cl)c2c(n1)C(Cc1ccccc1)=CC2.Cc1nc2c(c(=O)[nH]1)CC=C2Cc1ccccc1.NC1=C(C(=O)CO)CC=C1Cc1ccccc1.O=Cc1ccccc1.[C-]#[N+]C(C=O)=Cc1ccccc1. The van der Waals surface area contributed by atoms with Crippen LogP contribution in [0.15, 0.2) is 270 Å². The Hall–Kier alpha value is -13.6. The first kappa shape index (κ1) is 90.7. The van der Waals surface area contributed by atoms with Crippen molar-refractivity contribution in [1.82, 2.24) is 29.9 Å². The van der Waals surface area contributed by atoms with Gasteiger partial charge in [-0.1, -0.05) is 218 Å². The molecule has 0 spiro atoms. The number of ketones is 1. The minimum Gasteiger partial charge on any atom is -0.497 e. The first-order valence-electron chi connectivity index (χ1n) is 40.5. The number of anilines is 3. The summed E-state index contributed by atoms with van der Waals surface area (Å²) in [6.45, 7) is 13.9. The highest BCUT2D eigenvalue weighted by Gasteiger charge is 2.29. The number of carbonyl (C=O) groups excluding carboxylic acids is 3. The maximum atomic E-state index is 11.8. The third-order valence-corrected chi connectivity index (χ3v) is 20.9. The predicted molar refractivity (Wildman–Crippen MR) is 485 cm³/mol. The number of carbonyl (C=O) groups is 3. The number of aromatic nitrogens is 6. The molecule has 122 heavy (non-hydrogen) atoms. The molecule has 0 amide bonds. The molecule has 1 unspecified atom stereocenters. The van der Waals surface area contributed by atoms with Gasteiger partial charge in [0.05, 0.1) is 63.1 Å². The molecule has 0 saturated carbocycles. The van der Waals surface area contributed by atoms with Crippen molar-refractivity contribution in [3.8, 4) is 17.6 Å². The van der Waals surface area contributed by atoms with Gasteiger partial charge in [-0.3, -0.25) is 14.4 Å². The Kier molecular flexibility index (Phi) is 35.1. The number of nitrogens with zero attached hydrogens (tertiary/aromatic N) is 8. The largest absolute Gasteiger partial charge is 0.497 e. The molecule has 8 aromatic carbocycles. The van der Waals surface area contributed by atoms with Gasteiger partial charge in [-0.25, -0.2) is 29.8 Å². The highest BCUT2D eigenvalue weighted by atomic mass is 35.5. The van der Waals surface area contributed by atoms with Crippen LogP contribution in [0.2, 0.25) is 5.15 Å². The average Bonchev–Trinajstić information content (AvgIpc) is 1.66. The fraction of sp³-hybridized carbons (Fsp3) is 0.238. The molecule has 5 heterocycles. The molecule has 0 radical (unpaired) electrons. The van der Waals surface area contributed by atoms with E-state index in [1.165, 1.54) is 81.4 Å². The number of aromatic amines is 1. The monoisotopic (exact) mass is 1650 g/mol. The Balaban J connectivity index is 0.000000151. The summed E-state index contributed by atoms with van der Waals surface area (Å²) in [7, 11) is 4.90. The van der Waals surface area contributed by atoms with Crippen molar-refractivity contribution in [1.29, 1.82) is 5.26 Å². The number of halogens is 1. The lowest BCUT2D eigenvalue weighted by molar-refractivity contribution is -0.118. The summed E-state index contributed by atoms with van der Waals surface area (Å²) < 4.78 is 15.3. The molecule has 622 valence electrons. The number of fused-ring (bicyclic) bond motifs is 5. The first-order chi connectivity index (χ1) is 59.5. The maximum absolute atomic E-state index is 11.8. The number of nitrogens with two attached hydrogens (primary N) is 1. The molecular formula is C101H102ClN11O9. The number of nitrogens with one attached hydrogen (secondary N) is 2. The van der Waals surface area contributed by atoms with Gasteiger partial charge < -0.3 is 50.2 Å². The summed E-state index contributed by atoms with van der Waals surface area (Å²) in [4.78, 5) is 74.6. The zero-order valence-corrected chi connectivity index (χ0v) is 70.5. The van der Waals surface area contributed by atoms with Crippen LogP contribution in [-0.2, 0) is 72.1 Å². The Morgan fingerprint density at radius 3 is 1.57 bits per heavy atom. The Labute approximate surface area is 719 Å². The minimum absolute atomic E-state index is 0.00295. The smallest absolute Gasteiger partial charge is 0.254 e. The van der Waals surface area contributed by atoms with Crippen molar-refractivity contribution < 1.29 is 38.8 Å². The summed E-state index contributed by atoms with van der Waals surface area (Å²) in [6, 6.07) is 74.1. The van der Waals surface area contributed by atoms with E-state index in [0.717, 1.165) is 150 Å². The molecule has 17 rings (SSSR count). The number of rotatable bonds is 19. The van der Waals surface area contributed by atoms with Gasteiger partial charge in [0.25, 0.3) is 5.56 Å². The van der Waals surface area contributed by atoms with Crippen LogP contribution in [0.5, 0.6) is 11.5 Å². The molecule has 20 nitrogen and oxygen atoms in total. The molecule has 21 heteroatoms. The highest BCUT2D eigenvalue weighted by molar-refractivity contribution is 6.30. The molecule has 0 bridgehead atoms. The number of aldehydes is 2. The highest BCUT2D eigenvalue weighted by Crippen LogP contribution is 2.41. The van der Waals surface area contributed by atoms with Crippen LogP contribution in [0.3, 0.4) is 0 Å². The number of hydrogen-bond acceptors (Lipinski definition) is 18. The fourth-order valence-electron chi connectivity index (χ4n) is 14.4. The maximum Gasteiger partial charge on any atom is 0.254 e. The molecular weight excluding hydrogens is 1550 g/mol. The van der Waals surface area contributed by atoms with Crippen LogP contribution in [0.4, 0.5) is 17.2 Å². The van der Waals surface area contributed by atoms with E-state index < -0.39 is 6.61 Å². The number of H-pyrrole nitrogens is 1. The zero-order valence-electron chi connectivity index (χ0n) is 69.7. The molecule has 6 N–H and O–H groups in total. The van der Waals surface area contributed by atoms with Gasteiger partial charge in [-0.05, 0) is 202 Å². The van der Waals surface area contributed by atoms with Crippen molar-refractivity contribution in [2.45, 2.75) is 110 Å². The lowest BCUT2D eigenvalue weighted by Crippen LogP contribution is -2.27. The summed E-state index contributed by atoms with van der Waals surface area (Å²) in [5.74, 6) is 4.91. The standard InChI is InChI=1S/C25H25N3O.C15H13ClN2.C15H14N2O.C14H15NO2.C10H13NO.C10H7NO.C7H6O.C5H9NO2/c1-17-26-24-20(15-18-7-4-3-5-8-18)10-12-22(24)25(27-17)28-14-6-9-19-16-21(29-2)11-13-23(19)28;1-10-17-14-12(7-8-13(14)15(16)18-10)9-11-5-3-2-4-6-11;1-10-16-14-12(7-8-13(14)15(18)17-10)9-11-5-3-2-4-6-11;15-14-11(6-7-12(14)13(17)9-16)8-10-4-2-1-3-5-10;1-12-9-4-5-10-8(7-9)3-2-6-11-10;1-11-10(8-12)7-9-5-3-2-4-6-9;8-6-7-4-2-1-3-5-7;1-8-5(4-7)2-3-6/h3-5,7-8,10-11,13,16H,6,9,12,14-15H2,1-2H3;2-7H,8-9H2,1H3;2-7H,8-9H2,1H3,(H,16,17,18);1-6,16H,7-9,15H2;4-5,7,11H,2-3,6H2,1H3;2-8H;1-6H;5,7H,2,4H2,1H3. The fourth-order valence-corrected chi connectivity index (χ4v) is 14.6. The number of Topliss-reactive ketones (excluding diaryl/α,β-unsaturated/α-hetero) is 1. The molecule has 1 atom stereocenters. The lowest BCUT2D eigenvalue weighted by Gasteiger charge is -2.32. The van der Waals surface area contributed by atoms with E-state index in [1.54, 1.807) is 32.4 Å². The summed E-state index contributed by atoms with van der Waals surface area (Å²) in [5, 5.41) is 29.2. The predicted octanol–water partition coefficient (Wildman–Crippen LogP) is 17.9. The van der Waals surface area contributed by atoms with Crippen molar-refractivity contribution in [3.05, 3.63) is 388 Å². The summed E-state index contributed by atoms with van der Waals surface area (Å²) >= 11 is 6.16. The molecule has 2 aliphatic heterocycles. The molecule has 4 aliphatic carbocycles.